The maximum Gasteiger partial charge on any atom is 0.294 e. The van der Waals surface area contributed by atoms with Crippen LogP contribution in [0.1, 0.15) is 5.56 Å². The van der Waals surface area contributed by atoms with Crippen LogP contribution in [-0.4, -0.2) is 41.7 Å². The number of rotatable bonds is 4. The first-order chi connectivity index (χ1) is 10.2. The minimum absolute atomic E-state index is 0.137. The molecule has 2 heterocycles. The summed E-state index contributed by atoms with van der Waals surface area (Å²) in [4.78, 5) is 7.22. The monoisotopic (exact) mass is 346 g/mol. The Morgan fingerprint density at radius 2 is 1.27 bits per heavy atom. The molecule has 10 heteroatoms. The van der Waals surface area contributed by atoms with Crippen LogP contribution in [0, 0.1) is 0 Å². The highest BCUT2D eigenvalue weighted by Crippen LogP contribution is 2.03. The first kappa shape index (κ1) is 18.2. The summed E-state index contributed by atoms with van der Waals surface area (Å²) < 4.78 is 58.3. The van der Waals surface area contributed by atoms with Crippen LogP contribution in [0.25, 0.3) is 0 Å². The number of nitrogens with zero attached hydrogens (tertiary/aromatic N) is 2. The second-order valence-electron chi connectivity index (χ2n) is 4.05. The molecule has 0 saturated heterocycles. The van der Waals surface area contributed by atoms with E-state index in [4.69, 9.17) is 9.11 Å². The first-order valence-electron chi connectivity index (χ1n) is 5.90. The maximum absolute atomic E-state index is 10.4. The van der Waals surface area contributed by atoms with Crippen molar-refractivity contribution in [1.29, 1.82) is 0 Å². The molecule has 2 rings (SSSR count). The zero-order valence-corrected chi connectivity index (χ0v) is 12.9. The van der Waals surface area contributed by atoms with Gasteiger partial charge in [-0.3, -0.25) is 19.1 Å². The largest absolute Gasteiger partial charge is 0.294 e. The highest BCUT2D eigenvalue weighted by atomic mass is 32.2. The van der Waals surface area contributed by atoms with Crippen molar-refractivity contribution in [3.8, 4) is 0 Å². The second kappa shape index (κ2) is 7.94. The summed E-state index contributed by atoms with van der Waals surface area (Å²) in [6.07, 6.45) is 6.08. The van der Waals surface area contributed by atoms with Gasteiger partial charge in [0.2, 0.25) is 0 Å². The molecule has 0 aromatic carbocycles. The molecule has 0 aliphatic rings. The van der Waals surface area contributed by atoms with Gasteiger partial charge in [0.05, 0.1) is 10.6 Å². The summed E-state index contributed by atoms with van der Waals surface area (Å²) >= 11 is 0. The third-order valence-corrected chi connectivity index (χ3v) is 3.93. The maximum atomic E-state index is 10.4. The molecule has 2 N–H and O–H groups in total. The third kappa shape index (κ3) is 7.78. The minimum atomic E-state index is -4.04. The van der Waals surface area contributed by atoms with Crippen molar-refractivity contribution in [2.24, 2.45) is 0 Å². The molecule has 2 aromatic heterocycles. The molecule has 0 spiro atoms. The molecule has 0 unspecified atom stereocenters. The molecule has 0 atom stereocenters. The fourth-order valence-corrected chi connectivity index (χ4v) is 2.27. The number of aromatic nitrogens is 2. The van der Waals surface area contributed by atoms with Crippen LogP contribution in [0.15, 0.2) is 53.9 Å². The molecule has 0 aliphatic carbocycles. The predicted octanol–water partition coefficient (Wildman–Crippen LogP) is 0.840. The van der Waals surface area contributed by atoms with E-state index < -0.39 is 20.2 Å². The van der Waals surface area contributed by atoms with Gasteiger partial charge < -0.3 is 0 Å². The molecule has 0 amide bonds. The van der Waals surface area contributed by atoms with Crippen molar-refractivity contribution < 1.29 is 25.9 Å². The van der Waals surface area contributed by atoms with Crippen LogP contribution in [0.2, 0.25) is 0 Å². The summed E-state index contributed by atoms with van der Waals surface area (Å²) in [6, 6.07) is 5.86. The quantitative estimate of drug-likeness (QED) is 0.778. The van der Waals surface area contributed by atoms with Gasteiger partial charge in [0.1, 0.15) is 0 Å². The lowest BCUT2D eigenvalue weighted by Crippen LogP contribution is -2.06. The summed E-state index contributed by atoms with van der Waals surface area (Å²) in [5.41, 5.74) is 0.850. The second-order valence-corrected chi connectivity index (χ2v) is 7.04. The van der Waals surface area contributed by atoms with E-state index in [0.717, 1.165) is 5.56 Å². The molecule has 8 nitrogen and oxygen atoms in total. The van der Waals surface area contributed by atoms with Gasteiger partial charge in [0.15, 0.2) is 0 Å². The Labute approximate surface area is 128 Å². The standard InChI is InChI=1S/C7H9NO3S.C5H5NO3S/c9-12(10,11)6-3-7-1-4-8-5-2-7;7-10(8,9)5-1-3-6-4-2-5/h1-2,4-5H,3,6H2,(H,9,10,11);1-4H,(H,7,8,9). The van der Waals surface area contributed by atoms with Crippen molar-refractivity contribution in [1.82, 2.24) is 9.97 Å². The van der Waals surface area contributed by atoms with Crippen LogP contribution in [0.4, 0.5) is 0 Å². The molecular weight excluding hydrogens is 332 g/mol. The Kier molecular flexibility index (Phi) is 6.56. The molecule has 0 saturated carbocycles. The molecular formula is C12H14N2O6S2. The fourth-order valence-electron chi connectivity index (χ4n) is 1.31. The first-order valence-corrected chi connectivity index (χ1v) is 8.95. The SMILES string of the molecule is O=S(=O)(O)CCc1ccncc1.O=S(=O)(O)c1ccncc1. The van der Waals surface area contributed by atoms with Gasteiger partial charge in [-0.05, 0) is 36.2 Å². The highest BCUT2D eigenvalue weighted by molar-refractivity contribution is 7.86. The number of aryl methyl sites for hydroxylation is 1. The molecule has 0 aliphatic heterocycles. The van der Waals surface area contributed by atoms with Gasteiger partial charge >= 0.3 is 0 Å². The molecule has 2 aromatic rings. The number of hydrogen-bond donors (Lipinski definition) is 2. The lowest BCUT2D eigenvalue weighted by atomic mass is 10.2. The topological polar surface area (TPSA) is 135 Å². The summed E-state index contributed by atoms with van der Waals surface area (Å²) in [5.74, 6) is -0.239. The van der Waals surface area contributed by atoms with E-state index >= 15 is 0 Å². The van der Waals surface area contributed by atoms with Gasteiger partial charge in [-0.1, -0.05) is 0 Å². The molecule has 0 fully saturated rings. The Bertz CT molecular complexity index is 777. The van der Waals surface area contributed by atoms with E-state index in [2.05, 4.69) is 9.97 Å². The number of hydrogen-bond acceptors (Lipinski definition) is 6. The Balaban J connectivity index is 0.000000224. The molecule has 22 heavy (non-hydrogen) atoms. The zero-order valence-electron chi connectivity index (χ0n) is 11.3. The van der Waals surface area contributed by atoms with Gasteiger partial charge in [0, 0.05) is 24.8 Å². The van der Waals surface area contributed by atoms with E-state index in [9.17, 15) is 16.8 Å². The van der Waals surface area contributed by atoms with Crippen molar-refractivity contribution >= 4 is 20.2 Å². The lowest BCUT2D eigenvalue weighted by Gasteiger charge is -1.96. The third-order valence-electron chi connectivity index (χ3n) is 2.35. The van der Waals surface area contributed by atoms with Crippen LogP contribution < -0.4 is 0 Å². The summed E-state index contributed by atoms with van der Waals surface area (Å²) in [7, 11) is -7.89. The normalized spacial score (nSPS) is 11.4. The van der Waals surface area contributed by atoms with Gasteiger partial charge in [0.25, 0.3) is 20.2 Å². The van der Waals surface area contributed by atoms with Crippen LogP contribution in [-0.2, 0) is 26.7 Å². The smallest absolute Gasteiger partial charge is 0.286 e. The Morgan fingerprint density at radius 1 is 0.818 bits per heavy atom. The van der Waals surface area contributed by atoms with E-state index in [1.165, 1.54) is 24.5 Å². The van der Waals surface area contributed by atoms with Gasteiger partial charge in [-0.15, -0.1) is 0 Å². The van der Waals surface area contributed by atoms with Crippen molar-refractivity contribution in [3.63, 3.8) is 0 Å². The predicted molar refractivity (Wildman–Crippen MR) is 78.4 cm³/mol. The van der Waals surface area contributed by atoms with Crippen LogP contribution in [0.5, 0.6) is 0 Å². The van der Waals surface area contributed by atoms with Crippen molar-refractivity contribution in [2.75, 3.05) is 5.75 Å². The average molecular weight is 346 g/mol. The highest BCUT2D eigenvalue weighted by Gasteiger charge is 2.06. The van der Waals surface area contributed by atoms with E-state index in [1.54, 1.807) is 24.5 Å². The van der Waals surface area contributed by atoms with Crippen molar-refractivity contribution in [2.45, 2.75) is 11.3 Å². The van der Waals surface area contributed by atoms with Crippen LogP contribution in [0.3, 0.4) is 0 Å². The van der Waals surface area contributed by atoms with Gasteiger partial charge in [-0.2, -0.15) is 16.8 Å². The molecule has 120 valence electrons. The van der Waals surface area contributed by atoms with Gasteiger partial charge in [-0.25, -0.2) is 0 Å². The van der Waals surface area contributed by atoms with Crippen LogP contribution >= 0.6 is 0 Å². The average Bonchev–Trinajstić information content (AvgIpc) is 2.46. The zero-order chi connectivity index (χ0) is 16.6. The summed E-state index contributed by atoms with van der Waals surface area (Å²) in [5, 5.41) is 0. The molecule has 0 bridgehead atoms. The van der Waals surface area contributed by atoms with E-state index in [1.807, 2.05) is 0 Å². The molecule has 0 radical (unpaired) electrons. The summed E-state index contributed by atoms with van der Waals surface area (Å²) in [6.45, 7) is 0. The van der Waals surface area contributed by atoms with Crippen molar-refractivity contribution in [3.05, 3.63) is 54.6 Å². The minimum Gasteiger partial charge on any atom is -0.286 e. The fraction of sp³-hybridized carbons (Fsp3) is 0.167. The van der Waals surface area contributed by atoms with E-state index in [0.29, 0.717) is 6.42 Å². The van der Waals surface area contributed by atoms with E-state index in [-0.39, 0.29) is 10.6 Å². The number of pyridine rings is 2. The Morgan fingerprint density at radius 3 is 1.64 bits per heavy atom. The lowest BCUT2D eigenvalue weighted by molar-refractivity contribution is 0.480. The Hall–Kier alpha value is -1.88.